The SMILES string of the molecule is O=C(O)CONC(=O)CC1CCNC1. The van der Waals surface area contributed by atoms with Crippen LogP contribution in [0.4, 0.5) is 0 Å². The topological polar surface area (TPSA) is 87.7 Å². The average molecular weight is 202 g/mol. The number of carbonyl (C=O) groups excluding carboxylic acids is 1. The Hall–Kier alpha value is -1.14. The van der Waals surface area contributed by atoms with E-state index < -0.39 is 12.6 Å². The van der Waals surface area contributed by atoms with Crippen LogP contribution in [-0.4, -0.2) is 36.7 Å². The summed E-state index contributed by atoms with van der Waals surface area (Å²) in [4.78, 5) is 25.6. The van der Waals surface area contributed by atoms with E-state index in [0.717, 1.165) is 19.5 Å². The number of hydroxylamine groups is 1. The molecule has 0 radical (unpaired) electrons. The summed E-state index contributed by atoms with van der Waals surface area (Å²) in [5.74, 6) is -1.03. The standard InChI is InChI=1S/C8H14N2O4/c11-7(10-14-5-8(12)13)3-6-1-2-9-4-6/h6,9H,1-5H2,(H,10,11)(H,12,13). The van der Waals surface area contributed by atoms with E-state index in [0.29, 0.717) is 12.3 Å². The summed E-state index contributed by atoms with van der Waals surface area (Å²) in [5.41, 5.74) is 2.09. The maximum atomic E-state index is 11.1. The van der Waals surface area contributed by atoms with Gasteiger partial charge in [0.1, 0.15) is 0 Å². The zero-order valence-electron chi connectivity index (χ0n) is 7.78. The Morgan fingerprint density at radius 3 is 2.93 bits per heavy atom. The molecule has 1 fully saturated rings. The molecular weight excluding hydrogens is 188 g/mol. The molecule has 1 atom stereocenters. The maximum Gasteiger partial charge on any atom is 0.332 e. The molecule has 1 unspecified atom stereocenters. The first-order valence-corrected chi connectivity index (χ1v) is 4.51. The molecule has 1 aliphatic heterocycles. The minimum absolute atomic E-state index is 0.264. The van der Waals surface area contributed by atoms with Crippen LogP contribution in [-0.2, 0) is 14.4 Å². The van der Waals surface area contributed by atoms with Crippen LogP contribution in [0.3, 0.4) is 0 Å². The summed E-state index contributed by atoms with van der Waals surface area (Å²) in [6.45, 7) is 1.27. The van der Waals surface area contributed by atoms with Crippen LogP contribution in [0.2, 0.25) is 0 Å². The zero-order chi connectivity index (χ0) is 10.4. The Balaban J connectivity index is 2.06. The van der Waals surface area contributed by atoms with Gasteiger partial charge < -0.3 is 10.4 Å². The fourth-order valence-corrected chi connectivity index (χ4v) is 1.37. The van der Waals surface area contributed by atoms with E-state index in [1.165, 1.54) is 0 Å². The molecule has 1 saturated heterocycles. The predicted octanol–water partition coefficient (Wildman–Crippen LogP) is -0.882. The van der Waals surface area contributed by atoms with Crippen LogP contribution in [0.1, 0.15) is 12.8 Å². The van der Waals surface area contributed by atoms with Crippen molar-refractivity contribution in [2.45, 2.75) is 12.8 Å². The van der Waals surface area contributed by atoms with Gasteiger partial charge in [-0.05, 0) is 25.4 Å². The van der Waals surface area contributed by atoms with Crippen LogP contribution >= 0.6 is 0 Å². The van der Waals surface area contributed by atoms with E-state index in [-0.39, 0.29) is 5.91 Å². The van der Waals surface area contributed by atoms with Gasteiger partial charge >= 0.3 is 5.97 Å². The van der Waals surface area contributed by atoms with Crippen LogP contribution in [0.25, 0.3) is 0 Å². The van der Waals surface area contributed by atoms with Crippen LogP contribution < -0.4 is 10.8 Å². The number of carbonyl (C=O) groups is 2. The normalized spacial score (nSPS) is 20.7. The summed E-state index contributed by atoms with van der Waals surface area (Å²) in [7, 11) is 0. The first-order valence-electron chi connectivity index (χ1n) is 4.51. The van der Waals surface area contributed by atoms with Gasteiger partial charge in [-0.1, -0.05) is 0 Å². The molecule has 6 nitrogen and oxygen atoms in total. The van der Waals surface area contributed by atoms with Crippen molar-refractivity contribution in [2.75, 3.05) is 19.7 Å². The highest BCUT2D eigenvalue weighted by Crippen LogP contribution is 2.11. The predicted molar refractivity (Wildman–Crippen MR) is 47.3 cm³/mol. The molecule has 1 heterocycles. The molecule has 0 spiro atoms. The van der Waals surface area contributed by atoms with Crippen molar-refractivity contribution in [3.8, 4) is 0 Å². The van der Waals surface area contributed by atoms with Gasteiger partial charge in [0.05, 0.1) is 0 Å². The number of amides is 1. The van der Waals surface area contributed by atoms with Crippen molar-refractivity contribution in [1.82, 2.24) is 10.8 Å². The Morgan fingerprint density at radius 1 is 1.57 bits per heavy atom. The molecule has 0 aromatic rings. The van der Waals surface area contributed by atoms with Gasteiger partial charge in [0.25, 0.3) is 0 Å². The lowest BCUT2D eigenvalue weighted by atomic mass is 10.1. The molecule has 0 aromatic carbocycles. The fourth-order valence-electron chi connectivity index (χ4n) is 1.37. The summed E-state index contributed by atoms with van der Waals surface area (Å²) < 4.78 is 0. The molecule has 0 aromatic heterocycles. The van der Waals surface area contributed by atoms with Crippen LogP contribution in [0.5, 0.6) is 0 Å². The lowest BCUT2D eigenvalue weighted by molar-refractivity contribution is -0.149. The third kappa shape index (κ3) is 4.20. The number of hydrogen-bond donors (Lipinski definition) is 3. The zero-order valence-corrected chi connectivity index (χ0v) is 7.78. The van der Waals surface area contributed by atoms with Crippen LogP contribution in [0, 0.1) is 5.92 Å². The molecule has 3 N–H and O–H groups in total. The Labute approximate surface area is 81.6 Å². The summed E-state index contributed by atoms with van der Waals surface area (Å²) in [6, 6.07) is 0. The molecule has 6 heteroatoms. The molecule has 1 rings (SSSR count). The van der Waals surface area contributed by atoms with E-state index >= 15 is 0 Å². The lowest BCUT2D eigenvalue weighted by Crippen LogP contribution is -2.28. The second kappa shape index (κ2) is 5.56. The van der Waals surface area contributed by atoms with Gasteiger partial charge in [0.2, 0.25) is 5.91 Å². The first kappa shape index (κ1) is 10.9. The lowest BCUT2D eigenvalue weighted by Gasteiger charge is -2.07. The van der Waals surface area contributed by atoms with Gasteiger partial charge in [0, 0.05) is 6.42 Å². The van der Waals surface area contributed by atoms with Crippen molar-refractivity contribution in [3.63, 3.8) is 0 Å². The Morgan fingerprint density at radius 2 is 2.36 bits per heavy atom. The molecule has 14 heavy (non-hydrogen) atoms. The largest absolute Gasteiger partial charge is 0.479 e. The highest BCUT2D eigenvalue weighted by Gasteiger charge is 2.17. The maximum absolute atomic E-state index is 11.1. The molecule has 1 aliphatic rings. The van der Waals surface area contributed by atoms with Gasteiger partial charge in [-0.3, -0.25) is 9.63 Å². The van der Waals surface area contributed by atoms with Crippen molar-refractivity contribution < 1.29 is 19.5 Å². The van der Waals surface area contributed by atoms with Gasteiger partial charge in [-0.15, -0.1) is 0 Å². The van der Waals surface area contributed by atoms with E-state index in [4.69, 9.17) is 5.11 Å². The second-order valence-electron chi connectivity index (χ2n) is 3.27. The average Bonchev–Trinajstić information content (AvgIpc) is 2.56. The third-order valence-corrected chi connectivity index (χ3v) is 2.02. The summed E-state index contributed by atoms with van der Waals surface area (Å²) in [6.07, 6.45) is 1.36. The van der Waals surface area contributed by atoms with Crippen molar-refractivity contribution in [1.29, 1.82) is 0 Å². The molecule has 0 aliphatic carbocycles. The van der Waals surface area contributed by atoms with E-state index in [2.05, 4.69) is 15.6 Å². The number of carboxylic acids is 1. The molecule has 0 bridgehead atoms. The van der Waals surface area contributed by atoms with Crippen molar-refractivity contribution in [3.05, 3.63) is 0 Å². The smallest absolute Gasteiger partial charge is 0.332 e. The highest BCUT2D eigenvalue weighted by molar-refractivity contribution is 5.75. The minimum atomic E-state index is -1.10. The Kier molecular flexibility index (Phi) is 4.34. The molecule has 80 valence electrons. The van der Waals surface area contributed by atoms with Gasteiger partial charge in [-0.25, -0.2) is 10.3 Å². The number of aliphatic carboxylic acids is 1. The number of hydrogen-bond acceptors (Lipinski definition) is 4. The van der Waals surface area contributed by atoms with E-state index in [1.54, 1.807) is 0 Å². The van der Waals surface area contributed by atoms with Crippen molar-refractivity contribution >= 4 is 11.9 Å². The quantitative estimate of drug-likeness (QED) is 0.504. The van der Waals surface area contributed by atoms with E-state index in [9.17, 15) is 9.59 Å². The van der Waals surface area contributed by atoms with Gasteiger partial charge in [0.15, 0.2) is 6.61 Å². The molecule has 1 amide bonds. The first-order chi connectivity index (χ1) is 6.68. The fraction of sp³-hybridized carbons (Fsp3) is 0.750. The number of carboxylic acid groups (broad SMARTS) is 1. The van der Waals surface area contributed by atoms with Crippen molar-refractivity contribution in [2.24, 2.45) is 5.92 Å². The summed E-state index contributed by atoms with van der Waals surface area (Å²) in [5, 5.41) is 11.4. The molecular formula is C8H14N2O4. The highest BCUT2D eigenvalue weighted by atomic mass is 16.7. The second-order valence-corrected chi connectivity index (χ2v) is 3.27. The summed E-state index contributed by atoms with van der Waals surface area (Å²) >= 11 is 0. The Bertz CT molecular complexity index is 213. The van der Waals surface area contributed by atoms with E-state index in [1.807, 2.05) is 0 Å². The number of nitrogens with one attached hydrogen (secondary N) is 2. The monoisotopic (exact) mass is 202 g/mol. The number of rotatable bonds is 5. The molecule has 0 saturated carbocycles. The minimum Gasteiger partial charge on any atom is -0.479 e. The third-order valence-electron chi connectivity index (χ3n) is 2.02. The van der Waals surface area contributed by atoms with Crippen LogP contribution in [0.15, 0.2) is 0 Å². The van der Waals surface area contributed by atoms with Gasteiger partial charge in [-0.2, -0.15) is 0 Å².